The van der Waals surface area contributed by atoms with Gasteiger partial charge in [-0.05, 0) is 25.5 Å². The summed E-state index contributed by atoms with van der Waals surface area (Å²) in [5, 5.41) is 1.92. The molecule has 0 aliphatic heterocycles. The molecule has 0 bridgehead atoms. The zero-order valence-electron chi connectivity index (χ0n) is 9.24. The average molecular weight is 222 g/mol. The van der Waals surface area contributed by atoms with Gasteiger partial charge in [-0.1, -0.05) is 17.7 Å². The zero-order chi connectivity index (χ0) is 12.1. The van der Waals surface area contributed by atoms with Crippen LogP contribution in [0.5, 0.6) is 5.75 Å². The first kappa shape index (κ1) is 12.0. The first-order valence-corrected chi connectivity index (χ1v) is 4.78. The molecule has 0 atom stereocenters. The summed E-state index contributed by atoms with van der Waals surface area (Å²) in [6.45, 7) is 3.62. The number of carbonyl (C=O) groups excluding carboxylic acids is 2. The number of aryl methyl sites for hydroxylation is 2. The predicted octanol–water partition coefficient (Wildman–Crippen LogP) is 0.877. The van der Waals surface area contributed by atoms with E-state index in [2.05, 4.69) is 0 Å². The molecule has 5 heteroatoms. The quantitative estimate of drug-likeness (QED) is 0.796. The molecule has 0 fully saturated rings. The fraction of sp³-hybridized carbons (Fsp3) is 0.273. The molecule has 1 rings (SSSR count). The van der Waals surface area contributed by atoms with Gasteiger partial charge < -0.3 is 10.5 Å². The van der Waals surface area contributed by atoms with E-state index >= 15 is 0 Å². The standard InChI is InChI=1S/C11H14N2O3/c1-7-3-4-9(8(2)5-7)16-6-10(14)13-11(12)15/h3-5H,6H2,1-2H3,(H3,12,13,14,15). The number of benzene rings is 1. The maximum Gasteiger partial charge on any atom is 0.318 e. The van der Waals surface area contributed by atoms with Gasteiger partial charge in [0.15, 0.2) is 6.61 Å². The summed E-state index contributed by atoms with van der Waals surface area (Å²) in [6.07, 6.45) is 0. The molecular formula is C11H14N2O3. The molecule has 0 saturated heterocycles. The van der Waals surface area contributed by atoms with E-state index < -0.39 is 11.9 Å². The van der Waals surface area contributed by atoms with E-state index in [0.29, 0.717) is 5.75 Å². The molecule has 0 unspecified atom stereocenters. The summed E-state index contributed by atoms with van der Waals surface area (Å²) < 4.78 is 5.23. The second-order valence-corrected chi connectivity index (χ2v) is 3.47. The van der Waals surface area contributed by atoms with Gasteiger partial charge in [-0.25, -0.2) is 4.79 Å². The van der Waals surface area contributed by atoms with Crippen LogP contribution in [-0.4, -0.2) is 18.5 Å². The van der Waals surface area contributed by atoms with E-state index in [1.54, 1.807) is 6.07 Å². The predicted molar refractivity (Wildman–Crippen MR) is 59.1 cm³/mol. The largest absolute Gasteiger partial charge is 0.483 e. The summed E-state index contributed by atoms with van der Waals surface area (Å²) in [5.41, 5.74) is 6.84. The van der Waals surface area contributed by atoms with Gasteiger partial charge in [0.25, 0.3) is 5.91 Å². The third-order valence-corrected chi connectivity index (χ3v) is 1.95. The number of nitrogens with one attached hydrogen (secondary N) is 1. The van der Waals surface area contributed by atoms with Gasteiger partial charge in [0, 0.05) is 0 Å². The number of ether oxygens (including phenoxy) is 1. The summed E-state index contributed by atoms with van der Waals surface area (Å²) in [5.74, 6) is 0.0534. The third-order valence-electron chi connectivity index (χ3n) is 1.95. The Hall–Kier alpha value is -2.04. The van der Waals surface area contributed by atoms with Gasteiger partial charge in [-0.2, -0.15) is 0 Å². The molecule has 0 aliphatic carbocycles. The molecule has 0 aliphatic rings. The molecule has 16 heavy (non-hydrogen) atoms. The molecule has 3 amide bonds. The lowest BCUT2D eigenvalue weighted by Crippen LogP contribution is -2.38. The molecule has 0 saturated carbocycles. The van der Waals surface area contributed by atoms with Crippen LogP contribution in [0.4, 0.5) is 4.79 Å². The Morgan fingerprint density at radius 3 is 2.62 bits per heavy atom. The molecule has 3 N–H and O–H groups in total. The highest BCUT2D eigenvalue weighted by Crippen LogP contribution is 2.18. The number of rotatable bonds is 3. The van der Waals surface area contributed by atoms with Crippen molar-refractivity contribution in [1.29, 1.82) is 0 Å². The topological polar surface area (TPSA) is 81.4 Å². The molecule has 0 aromatic heterocycles. The average Bonchev–Trinajstić information content (AvgIpc) is 2.15. The van der Waals surface area contributed by atoms with Crippen LogP contribution in [-0.2, 0) is 4.79 Å². The Morgan fingerprint density at radius 1 is 1.38 bits per heavy atom. The fourth-order valence-electron chi connectivity index (χ4n) is 1.28. The van der Waals surface area contributed by atoms with Crippen LogP contribution in [0, 0.1) is 13.8 Å². The highest BCUT2D eigenvalue weighted by atomic mass is 16.5. The van der Waals surface area contributed by atoms with Crippen LogP contribution >= 0.6 is 0 Å². The third kappa shape index (κ3) is 3.61. The molecule has 1 aromatic carbocycles. The lowest BCUT2D eigenvalue weighted by atomic mass is 10.1. The lowest BCUT2D eigenvalue weighted by Gasteiger charge is -2.08. The normalized spacial score (nSPS) is 9.62. The summed E-state index contributed by atoms with van der Waals surface area (Å²) in [6, 6.07) is 4.73. The lowest BCUT2D eigenvalue weighted by molar-refractivity contribution is -0.121. The van der Waals surface area contributed by atoms with E-state index in [4.69, 9.17) is 10.5 Å². The van der Waals surface area contributed by atoms with Crippen molar-refractivity contribution >= 4 is 11.9 Å². The number of hydrogen-bond acceptors (Lipinski definition) is 3. The minimum atomic E-state index is -0.880. The van der Waals surface area contributed by atoms with Crippen molar-refractivity contribution in [3.8, 4) is 5.75 Å². The monoisotopic (exact) mass is 222 g/mol. The van der Waals surface area contributed by atoms with Crippen molar-refractivity contribution in [2.75, 3.05) is 6.61 Å². The Morgan fingerprint density at radius 2 is 2.06 bits per heavy atom. The first-order chi connectivity index (χ1) is 7.49. The first-order valence-electron chi connectivity index (χ1n) is 4.78. The molecule has 0 heterocycles. The Labute approximate surface area is 93.6 Å². The molecule has 0 spiro atoms. The Kier molecular flexibility index (Phi) is 3.88. The van der Waals surface area contributed by atoms with Gasteiger partial charge in [-0.15, -0.1) is 0 Å². The SMILES string of the molecule is Cc1ccc(OCC(=O)NC(N)=O)c(C)c1. The molecule has 86 valence electrons. The van der Waals surface area contributed by atoms with Crippen LogP contribution in [0.1, 0.15) is 11.1 Å². The molecule has 1 aromatic rings. The van der Waals surface area contributed by atoms with Crippen LogP contribution in [0.3, 0.4) is 0 Å². The van der Waals surface area contributed by atoms with Crippen LogP contribution in [0.15, 0.2) is 18.2 Å². The van der Waals surface area contributed by atoms with E-state index in [0.717, 1.165) is 11.1 Å². The molecular weight excluding hydrogens is 208 g/mol. The zero-order valence-corrected chi connectivity index (χ0v) is 9.24. The number of hydrogen-bond donors (Lipinski definition) is 2. The number of amides is 3. The number of carbonyl (C=O) groups is 2. The maximum absolute atomic E-state index is 11.1. The van der Waals surface area contributed by atoms with Gasteiger partial charge >= 0.3 is 6.03 Å². The van der Waals surface area contributed by atoms with Crippen molar-refractivity contribution in [3.05, 3.63) is 29.3 Å². The number of imide groups is 1. The number of urea groups is 1. The van der Waals surface area contributed by atoms with E-state index in [1.165, 1.54) is 0 Å². The Balaban J connectivity index is 2.54. The Bertz CT molecular complexity index is 416. The van der Waals surface area contributed by atoms with Gasteiger partial charge in [0.1, 0.15) is 5.75 Å². The molecule has 5 nitrogen and oxygen atoms in total. The van der Waals surface area contributed by atoms with Crippen molar-refractivity contribution in [1.82, 2.24) is 5.32 Å². The second kappa shape index (κ2) is 5.16. The van der Waals surface area contributed by atoms with Crippen LogP contribution in [0.2, 0.25) is 0 Å². The number of nitrogens with two attached hydrogens (primary N) is 1. The van der Waals surface area contributed by atoms with Crippen molar-refractivity contribution in [2.45, 2.75) is 13.8 Å². The second-order valence-electron chi connectivity index (χ2n) is 3.47. The summed E-state index contributed by atoms with van der Waals surface area (Å²) in [7, 11) is 0. The van der Waals surface area contributed by atoms with Crippen LogP contribution in [0.25, 0.3) is 0 Å². The highest BCUT2D eigenvalue weighted by molar-refractivity contribution is 5.94. The van der Waals surface area contributed by atoms with Gasteiger partial charge in [0.05, 0.1) is 0 Å². The number of primary amides is 1. The minimum Gasteiger partial charge on any atom is -0.483 e. The molecule has 0 radical (unpaired) electrons. The van der Waals surface area contributed by atoms with Gasteiger partial charge in [-0.3, -0.25) is 10.1 Å². The van der Waals surface area contributed by atoms with E-state index in [9.17, 15) is 9.59 Å². The summed E-state index contributed by atoms with van der Waals surface area (Å²) >= 11 is 0. The van der Waals surface area contributed by atoms with Crippen molar-refractivity contribution < 1.29 is 14.3 Å². The maximum atomic E-state index is 11.1. The van der Waals surface area contributed by atoms with Gasteiger partial charge in [0.2, 0.25) is 0 Å². The van der Waals surface area contributed by atoms with E-state index in [1.807, 2.05) is 31.3 Å². The van der Waals surface area contributed by atoms with Crippen molar-refractivity contribution in [3.63, 3.8) is 0 Å². The minimum absolute atomic E-state index is 0.229. The fourth-order valence-corrected chi connectivity index (χ4v) is 1.28. The highest BCUT2D eigenvalue weighted by Gasteiger charge is 2.06. The summed E-state index contributed by atoms with van der Waals surface area (Å²) in [4.78, 5) is 21.4. The smallest absolute Gasteiger partial charge is 0.318 e. The van der Waals surface area contributed by atoms with E-state index in [-0.39, 0.29) is 6.61 Å². The van der Waals surface area contributed by atoms with Crippen molar-refractivity contribution in [2.24, 2.45) is 5.73 Å². The van der Waals surface area contributed by atoms with Crippen LogP contribution < -0.4 is 15.8 Å².